The van der Waals surface area contributed by atoms with E-state index in [1.54, 1.807) is 23.6 Å². The number of hydrogen-bond donors (Lipinski definition) is 1. The quantitative estimate of drug-likeness (QED) is 0.800. The number of carbonyl (C=O) groups is 1. The van der Waals surface area contributed by atoms with Crippen LogP contribution in [0.15, 0.2) is 24.5 Å². The van der Waals surface area contributed by atoms with E-state index in [0.717, 1.165) is 17.0 Å². The van der Waals surface area contributed by atoms with Gasteiger partial charge in [-0.3, -0.25) is 4.79 Å². The summed E-state index contributed by atoms with van der Waals surface area (Å²) in [7, 11) is 0. The monoisotopic (exact) mass is 327 g/mol. The summed E-state index contributed by atoms with van der Waals surface area (Å²) in [5.74, 6) is 0.0457. The minimum Gasteiger partial charge on any atom is -0.326 e. The maximum absolute atomic E-state index is 13.5. The molecule has 2 heterocycles. The van der Waals surface area contributed by atoms with Crippen LogP contribution in [-0.4, -0.2) is 25.5 Å². The minimum absolute atomic E-state index is 0.171. The lowest BCUT2D eigenvalue weighted by Gasteiger charge is -2.11. The Morgan fingerprint density at radius 3 is 2.83 bits per heavy atom. The van der Waals surface area contributed by atoms with Crippen molar-refractivity contribution in [3.63, 3.8) is 0 Å². The molecule has 0 atom stereocenters. The molecule has 6 nitrogen and oxygen atoms in total. The normalized spacial score (nSPS) is 11.0. The molecule has 124 valence electrons. The summed E-state index contributed by atoms with van der Waals surface area (Å²) in [5.41, 5.74) is 3.73. The van der Waals surface area contributed by atoms with E-state index in [9.17, 15) is 9.18 Å². The highest BCUT2D eigenvalue weighted by Crippen LogP contribution is 2.17. The molecule has 1 aromatic carbocycles. The van der Waals surface area contributed by atoms with Crippen molar-refractivity contribution in [2.75, 3.05) is 5.32 Å². The largest absolute Gasteiger partial charge is 0.326 e. The molecule has 0 aliphatic heterocycles. The maximum atomic E-state index is 13.5. The number of anilines is 1. The lowest BCUT2D eigenvalue weighted by molar-refractivity contribution is -0.116. The number of amides is 1. The fourth-order valence-electron chi connectivity index (χ4n) is 2.65. The molecule has 0 bridgehead atoms. The molecule has 1 N–H and O–H groups in total. The fourth-order valence-corrected chi connectivity index (χ4v) is 2.65. The first kappa shape index (κ1) is 16.0. The number of aromatic nitrogens is 4. The first-order chi connectivity index (χ1) is 11.5. The molecule has 0 aliphatic rings. The van der Waals surface area contributed by atoms with Crippen LogP contribution in [-0.2, 0) is 11.2 Å². The highest BCUT2D eigenvalue weighted by molar-refractivity contribution is 5.90. The number of nitrogens with one attached hydrogen (secondary N) is 1. The van der Waals surface area contributed by atoms with Gasteiger partial charge in [0.25, 0.3) is 5.78 Å². The Bertz CT molecular complexity index is 919. The number of fused-ring (bicyclic) bond motifs is 1. The van der Waals surface area contributed by atoms with E-state index in [4.69, 9.17) is 0 Å². The van der Waals surface area contributed by atoms with Gasteiger partial charge in [-0.2, -0.15) is 10.1 Å². The van der Waals surface area contributed by atoms with Gasteiger partial charge < -0.3 is 5.32 Å². The van der Waals surface area contributed by atoms with Gasteiger partial charge in [0.15, 0.2) is 0 Å². The van der Waals surface area contributed by atoms with Gasteiger partial charge in [-0.15, -0.1) is 0 Å². The Kier molecular flexibility index (Phi) is 4.24. The minimum atomic E-state index is -0.333. The summed E-state index contributed by atoms with van der Waals surface area (Å²) in [6.45, 7) is 5.50. The van der Waals surface area contributed by atoms with Gasteiger partial charge in [0.2, 0.25) is 5.91 Å². The van der Waals surface area contributed by atoms with Crippen molar-refractivity contribution in [1.29, 1.82) is 0 Å². The molecule has 0 saturated carbocycles. The van der Waals surface area contributed by atoms with Crippen LogP contribution in [0.5, 0.6) is 0 Å². The van der Waals surface area contributed by atoms with Crippen LogP contribution < -0.4 is 5.32 Å². The average molecular weight is 327 g/mol. The second kappa shape index (κ2) is 6.35. The lowest BCUT2D eigenvalue weighted by atomic mass is 10.1. The second-order valence-electron chi connectivity index (χ2n) is 5.75. The Hall–Kier alpha value is -2.83. The highest BCUT2D eigenvalue weighted by Gasteiger charge is 2.13. The molecule has 3 aromatic rings. The zero-order valence-corrected chi connectivity index (χ0v) is 13.8. The summed E-state index contributed by atoms with van der Waals surface area (Å²) >= 11 is 0. The smallest absolute Gasteiger partial charge is 0.252 e. The third kappa shape index (κ3) is 3.10. The molecule has 0 spiro atoms. The van der Waals surface area contributed by atoms with E-state index in [0.29, 0.717) is 23.4 Å². The maximum Gasteiger partial charge on any atom is 0.252 e. The van der Waals surface area contributed by atoms with Crippen LogP contribution in [0.25, 0.3) is 5.78 Å². The zero-order chi connectivity index (χ0) is 17.3. The van der Waals surface area contributed by atoms with Gasteiger partial charge in [0.1, 0.15) is 12.1 Å². The Labute approximate surface area is 138 Å². The van der Waals surface area contributed by atoms with Gasteiger partial charge in [-0.1, -0.05) is 6.07 Å². The molecule has 0 unspecified atom stereocenters. The molecular weight excluding hydrogens is 309 g/mol. The molecule has 2 aromatic heterocycles. The molecule has 0 saturated heterocycles. The van der Waals surface area contributed by atoms with Gasteiger partial charge in [0.05, 0.1) is 0 Å². The first-order valence-electron chi connectivity index (χ1n) is 7.67. The van der Waals surface area contributed by atoms with Crippen molar-refractivity contribution < 1.29 is 9.18 Å². The van der Waals surface area contributed by atoms with Crippen molar-refractivity contribution in [2.45, 2.75) is 33.6 Å². The average Bonchev–Trinajstić information content (AvgIpc) is 2.99. The van der Waals surface area contributed by atoms with E-state index in [2.05, 4.69) is 20.4 Å². The van der Waals surface area contributed by atoms with E-state index < -0.39 is 0 Å². The molecule has 0 radical (unpaired) electrons. The van der Waals surface area contributed by atoms with Gasteiger partial charge in [0, 0.05) is 23.5 Å². The van der Waals surface area contributed by atoms with Crippen molar-refractivity contribution in [3.8, 4) is 0 Å². The SMILES string of the molecule is Cc1ccc(NC(=O)CCc2c(C)nc3ncnn3c2C)cc1F. The number of rotatable bonds is 4. The number of hydrogen-bond acceptors (Lipinski definition) is 4. The molecule has 1 amide bonds. The van der Waals surface area contributed by atoms with E-state index >= 15 is 0 Å². The highest BCUT2D eigenvalue weighted by atomic mass is 19.1. The van der Waals surface area contributed by atoms with Crippen molar-refractivity contribution >= 4 is 17.4 Å². The van der Waals surface area contributed by atoms with Crippen LogP contribution in [0.4, 0.5) is 10.1 Å². The van der Waals surface area contributed by atoms with Gasteiger partial charge >= 0.3 is 0 Å². The summed E-state index contributed by atoms with van der Waals surface area (Å²) in [6, 6.07) is 4.66. The summed E-state index contributed by atoms with van der Waals surface area (Å²) in [6.07, 6.45) is 2.26. The third-order valence-electron chi connectivity index (χ3n) is 4.05. The fraction of sp³-hybridized carbons (Fsp3) is 0.294. The molecule has 24 heavy (non-hydrogen) atoms. The standard InChI is InChI=1S/C17H18FN5O/c1-10-4-5-13(8-15(10)18)22-16(24)7-6-14-11(2)21-17-19-9-20-23(17)12(14)3/h4-5,8-9H,6-7H2,1-3H3,(H,22,24). The van der Waals surface area contributed by atoms with Crippen LogP contribution in [0.3, 0.4) is 0 Å². The number of carbonyl (C=O) groups excluding carboxylic acids is 1. The summed E-state index contributed by atoms with van der Waals surface area (Å²) in [5, 5.41) is 6.85. The zero-order valence-electron chi connectivity index (χ0n) is 13.8. The third-order valence-corrected chi connectivity index (χ3v) is 4.05. The Balaban J connectivity index is 1.71. The van der Waals surface area contributed by atoms with Crippen molar-refractivity contribution in [1.82, 2.24) is 19.6 Å². The molecule has 0 fully saturated rings. The van der Waals surface area contributed by atoms with Crippen molar-refractivity contribution in [3.05, 3.63) is 52.9 Å². The number of nitrogens with zero attached hydrogens (tertiary/aromatic N) is 4. The van der Waals surface area contributed by atoms with Crippen LogP contribution >= 0.6 is 0 Å². The number of halogens is 1. The van der Waals surface area contributed by atoms with E-state index in [1.807, 2.05) is 13.8 Å². The van der Waals surface area contributed by atoms with E-state index in [-0.39, 0.29) is 18.1 Å². The molecular formula is C17H18FN5O. The first-order valence-corrected chi connectivity index (χ1v) is 7.67. The van der Waals surface area contributed by atoms with Gasteiger partial charge in [-0.05, 0) is 50.5 Å². The summed E-state index contributed by atoms with van der Waals surface area (Å²) < 4.78 is 15.2. The summed E-state index contributed by atoms with van der Waals surface area (Å²) in [4.78, 5) is 20.6. The van der Waals surface area contributed by atoms with Crippen LogP contribution in [0.2, 0.25) is 0 Å². The van der Waals surface area contributed by atoms with Gasteiger partial charge in [-0.25, -0.2) is 13.9 Å². The molecule has 0 aliphatic carbocycles. The predicted octanol–water partition coefficient (Wildman–Crippen LogP) is 2.76. The van der Waals surface area contributed by atoms with Crippen molar-refractivity contribution in [2.24, 2.45) is 0 Å². The number of aryl methyl sites for hydroxylation is 3. The number of benzene rings is 1. The Morgan fingerprint density at radius 1 is 1.29 bits per heavy atom. The lowest BCUT2D eigenvalue weighted by Crippen LogP contribution is -2.14. The van der Waals surface area contributed by atoms with E-state index in [1.165, 1.54) is 12.4 Å². The Morgan fingerprint density at radius 2 is 2.08 bits per heavy atom. The predicted molar refractivity (Wildman–Crippen MR) is 88.3 cm³/mol. The van der Waals surface area contributed by atoms with Crippen LogP contribution in [0, 0.1) is 26.6 Å². The van der Waals surface area contributed by atoms with Crippen LogP contribution in [0.1, 0.15) is 28.9 Å². The second-order valence-corrected chi connectivity index (χ2v) is 5.75. The topological polar surface area (TPSA) is 72.2 Å². The molecule has 3 rings (SSSR count). The molecule has 7 heteroatoms.